The number of ether oxygens (including phenoxy) is 1. The van der Waals surface area contributed by atoms with Crippen LogP contribution in [0.2, 0.25) is 5.02 Å². The summed E-state index contributed by atoms with van der Waals surface area (Å²) in [6, 6.07) is 3.59. The molecule has 3 heterocycles. The van der Waals surface area contributed by atoms with Crippen molar-refractivity contribution in [3.8, 4) is 11.4 Å². The molecule has 0 fully saturated rings. The van der Waals surface area contributed by atoms with E-state index < -0.39 is 21.2 Å². The van der Waals surface area contributed by atoms with E-state index >= 15 is 0 Å². The van der Waals surface area contributed by atoms with Crippen LogP contribution in [0.15, 0.2) is 36.9 Å². The van der Waals surface area contributed by atoms with E-state index in [9.17, 15) is 8.42 Å². The highest BCUT2D eigenvalue weighted by atomic mass is 35.5. The van der Waals surface area contributed by atoms with Crippen LogP contribution in [0.4, 0.5) is 5.95 Å². The fraction of sp³-hybridized carbons (Fsp3) is 0.389. The van der Waals surface area contributed by atoms with Gasteiger partial charge in [-0.1, -0.05) is 18.5 Å². The van der Waals surface area contributed by atoms with Crippen LogP contribution >= 0.6 is 11.6 Å². The maximum atomic E-state index is 13.0. The molecule has 0 spiro atoms. The maximum Gasteiger partial charge on any atom is 0.238 e. The lowest BCUT2D eigenvalue weighted by atomic mass is 10.1. The third-order valence-electron chi connectivity index (χ3n) is 4.66. The Morgan fingerprint density at radius 2 is 1.93 bits per heavy atom. The number of methoxy groups -OCH3 is 1. The molecule has 0 unspecified atom stereocenters. The van der Waals surface area contributed by atoms with Gasteiger partial charge in [-0.2, -0.15) is 0 Å². The van der Waals surface area contributed by atoms with Crippen LogP contribution in [0, 0.1) is 0 Å². The quantitative estimate of drug-likeness (QED) is 0.525. The highest BCUT2D eigenvalue weighted by molar-refractivity contribution is 7.93. The number of hydrogen-bond acceptors (Lipinski definition) is 8. The highest BCUT2D eigenvalue weighted by Crippen LogP contribution is 2.25. The second-order valence-corrected chi connectivity index (χ2v) is 9.11. The molecule has 160 valence electrons. The average molecular weight is 452 g/mol. The summed E-state index contributed by atoms with van der Waals surface area (Å²) >= 11 is 5.82. The van der Waals surface area contributed by atoms with Crippen molar-refractivity contribution < 1.29 is 13.2 Å². The van der Waals surface area contributed by atoms with Gasteiger partial charge in [0.05, 0.1) is 23.4 Å². The van der Waals surface area contributed by atoms with Crippen molar-refractivity contribution in [1.82, 2.24) is 29.7 Å². The van der Waals surface area contributed by atoms with Gasteiger partial charge in [-0.05, 0) is 19.1 Å². The SMILES string of the molecule is COCCn1c(NS(=O)(=O)[C@@H](C)[C@H](C)c2ncc(Cl)cn2)nnc1-c1cccnc1. The summed E-state index contributed by atoms with van der Waals surface area (Å²) < 4.78 is 35.4. The topological polar surface area (TPSA) is 125 Å². The zero-order valence-corrected chi connectivity index (χ0v) is 18.3. The number of hydrogen-bond donors (Lipinski definition) is 1. The van der Waals surface area contributed by atoms with Crippen molar-refractivity contribution >= 4 is 27.6 Å². The van der Waals surface area contributed by atoms with Crippen LogP contribution in [0.25, 0.3) is 11.4 Å². The van der Waals surface area contributed by atoms with Crippen molar-refractivity contribution in [1.29, 1.82) is 0 Å². The summed E-state index contributed by atoms with van der Waals surface area (Å²) in [5, 5.41) is 7.74. The highest BCUT2D eigenvalue weighted by Gasteiger charge is 2.31. The first-order chi connectivity index (χ1) is 14.3. The summed E-state index contributed by atoms with van der Waals surface area (Å²) in [5.74, 6) is 0.489. The van der Waals surface area contributed by atoms with Gasteiger partial charge in [0.15, 0.2) is 5.82 Å². The summed E-state index contributed by atoms with van der Waals surface area (Å²) in [6.07, 6.45) is 6.16. The molecular formula is C18H22ClN7O3S. The Labute approximate surface area is 179 Å². The van der Waals surface area contributed by atoms with Crippen molar-refractivity contribution in [2.75, 3.05) is 18.4 Å². The predicted molar refractivity (Wildman–Crippen MR) is 113 cm³/mol. The van der Waals surface area contributed by atoms with E-state index in [-0.39, 0.29) is 5.95 Å². The minimum absolute atomic E-state index is 0.0991. The standard InChI is InChI=1S/C18H22ClN7O3S/c1-12(16-21-10-15(19)11-22-16)13(2)30(27,28)25-18-24-23-17(26(18)7-8-29-3)14-5-4-6-20-9-14/h4-6,9-13H,7-8H2,1-3H3,(H,24,25)/t12-,13-/m0/s1. The molecule has 1 N–H and O–H groups in total. The van der Waals surface area contributed by atoms with Crippen molar-refractivity contribution in [3.63, 3.8) is 0 Å². The average Bonchev–Trinajstić information content (AvgIpc) is 3.14. The normalized spacial score (nSPS) is 13.7. The number of rotatable bonds is 9. The molecule has 0 saturated heterocycles. The van der Waals surface area contributed by atoms with E-state index in [1.807, 2.05) is 6.07 Å². The number of pyridine rings is 1. The molecule has 0 aliphatic carbocycles. The first kappa shape index (κ1) is 22.1. The number of nitrogens with zero attached hydrogens (tertiary/aromatic N) is 6. The van der Waals surface area contributed by atoms with Crippen molar-refractivity contribution in [2.45, 2.75) is 31.6 Å². The minimum Gasteiger partial charge on any atom is -0.383 e. The number of aromatic nitrogens is 6. The van der Waals surface area contributed by atoms with Gasteiger partial charge < -0.3 is 4.74 Å². The largest absolute Gasteiger partial charge is 0.383 e. The number of anilines is 1. The molecule has 3 rings (SSSR count). The summed E-state index contributed by atoms with van der Waals surface area (Å²) in [4.78, 5) is 12.3. The van der Waals surface area contributed by atoms with E-state index in [1.165, 1.54) is 12.4 Å². The van der Waals surface area contributed by atoms with E-state index in [0.29, 0.717) is 35.4 Å². The van der Waals surface area contributed by atoms with Crippen LogP contribution in [-0.4, -0.2) is 57.1 Å². The fourth-order valence-corrected chi connectivity index (χ4v) is 4.09. The Morgan fingerprint density at radius 1 is 1.20 bits per heavy atom. The van der Waals surface area contributed by atoms with Crippen LogP contribution in [0.1, 0.15) is 25.6 Å². The van der Waals surface area contributed by atoms with Gasteiger partial charge in [0.25, 0.3) is 0 Å². The van der Waals surface area contributed by atoms with Crippen LogP contribution in [0.5, 0.6) is 0 Å². The van der Waals surface area contributed by atoms with Crippen LogP contribution in [0.3, 0.4) is 0 Å². The predicted octanol–water partition coefficient (Wildman–Crippen LogP) is 2.36. The van der Waals surface area contributed by atoms with Gasteiger partial charge in [-0.15, -0.1) is 10.2 Å². The molecular weight excluding hydrogens is 430 g/mol. The third-order valence-corrected chi connectivity index (χ3v) is 6.71. The van der Waals surface area contributed by atoms with Gasteiger partial charge >= 0.3 is 0 Å². The molecule has 30 heavy (non-hydrogen) atoms. The smallest absolute Gasteiger partial charge is 0.238 e. The van der Waals surface area contributed by atoms with Gasteiger partial charge in [0, 0.05) is 43.4 Å². The lowest BCUT2D eigenvalue weighted by Gasteiger charge is -2.20. The van der Waals surface area contributed by atoms with E-state index in [1.54, 1.807) is 44.0 Å². The first-order valence-corrected chi connectivity index (χ1v) is 11.1. The summed E-state index contributed by atoms with van der Waals surface area (Å²) in [6.45, 7) is 4.03. The Hall–Kier alpha value is -2.63. The van der Waals surface area contributed by atoms with Crippen molar-refractivity contribution in [3.05, 3.63) is 47.8 Å². The molecule has 0 aliphatic rings. The molecule has 0 amide bonds. The molecule has 10 nitrogen and oxygen atoms in total. The van der Waals surface area contributed by atoms with Gasteiger partial charge in [0.1, 0.15) is 5.82 Å². The Bertz CT molecular complexity index is 1070. The fourth-order valence-electron chi connectivity index (χ4n) is 2.74. The summed E-state index contributed by atoms with van der Waals surface area (Å²) in [7, 11) is -2.27. The second-order valence-electron chi connectivity index (χ2n) is 6.63. The molecule has 3 aromatic rings. The van der Waals surface area contributed by atoms with Gasteiger partial charge in [0.2, 0.25) is 16.0 Å². The lowest BCUT2D eigenvalue weighted by Crippen LogP contribution is -2.31. The lowest BCUT2D eigenvalue weighted by molar-refractivity contribution is 0.188. The Kier molecular flexibility index (Phi) is 6.95. The third kappa shape index (κ3) is 4.91. The van der Waals surface area contributed by atoms with Gasteiger partial charge in [-0.25, -0.2) is 18.4 Å². The van der Waals surface area contributed by atoms with Gasteiger partial charge in [-0.3, -0.25) is 14.3 Å². The number of halogens is 1. The van der Waals surface area contributed by atoms with E-state index in [2.05, 4.69) is 29.9 Å². The number of nitrogens with one attached hydrogen (secondary N) is 1. The van der Waals surface area contributed by atoms with Crippen LogP contribution in [-0.2, 0) is 21.3 Å². The molecule has 0 radical (unpaired) electrons. The Morgan fingerprint density at radius 3 is 2.57 bits per heavy atom. The van der Waals surface area contributed by atoms with E-state index in [4.69, 9.17) is 16.3 Å². The van der Waals surface area contributed by atoms with Crippen LogP contribution < -0.4 is 4.72 Å². The molecule has 0 saturated carbocycles. The van der Waals surface area contributed by atoms with Crippen molar-refractivity contribution in [2.24, 2.45) is 0 Å². The first-order valence-electron chi connectivity index (χ1n) is 9.15. The Balaban J connectivity index is 1.88. The minimum atomic E-state index is -3.83. The summed E-state index contributed by atoms with van der Waals surface area (Å²) in [5.41, 5.74) is 0.711. The monoisotopic (exact) mass is 451 g/mol. The molecule has 12 heteroatoms. The number of sulfonamides is 1. The maximum absolute atomic E-state index is 13.0. The molecule has 0 bridgehead atoms. The zero-order valence-electron chi connectivity index (χ0n) is 16.7. The molecule has 0 aliphatic heterocycles. The zero-order chi connectivity index (χ0) is 21.7. The second kappa shape index (κ2) is 9.45. The molecule has 2 atom stereocenters. The van der Waals surface area contributed by atoms with E-state index in [0.717, 1.165) is 0 Å². The molecule has 3 aromatic heterocycles. The molecule has 0 aromatic carbocycles.